The molecule has 0 aromatic carbocycles. The van der Waals surface area contributed by atoms with Gasteiger partial charge < -0.3 is 15.7 Å². The van der Waals surface area contributed by atoms with Crippen LogP contribution in [0, 0.1) is 34.5 Å². The Hall–Kier alpha value is -0.870. The molecule has 3 saturated carbocycles. The molecule has 4 nitrogen and oxygen atoms in total. The van der Waals surface area contributed by atoms with Crippen LogP contribution < -0.4 is 5.73 Å². The summed E-state index contributed by atoms with van der Waals surface area (Å²) in [6, 6.07) is 0. The summed E-state index contributed by atoms with van der Waals surface area (Å²) >= 11 is 0. The Morgan fingerprint density at radius 3 is 2.85 bits per heavy atom. The van der Waals surface area contributed by atoms with Crippen molar-refractivity contribution in [1.82, 2.24) is 0 Å². The van der Waals surface area contributed by atoms with E-state index in [9.17, 15) is 5.11 Å². The molecule has 0 aromatic heterocycles. The third-order valence-corrected chi connectivity index (χ3v) is 8.63. The maximum atomic E-state index is 10.6. The van der Waals surface area contributed by atoms with Gasteiger partial charge in [-0.2, -0.15) is 0 Å². The molecule has 0 saturated heterocycles. The van der Waals surface area contributed by atoms with Crippen molar-refractivity contribution in [2.75, 3.05) is 13.2 Å². The van der Waals surface area contributed by atoms with Gasteiger partial charge in [-0.3, -0.25) is 0 Å². The minimum absolute atomic E-state index is 0.0707. The zero-order valence-electron chi connectivity index (χ0n) is 16.5. The number of rotatable bonds is 4. The van der Waals surface area contributed by atoms with Crippen LogP contribution in [-0.4, -0.2) is 30.6 Å². The smallest absolute Gasteiger partial charge is 0.129 e. The van der Waals surface area contributed by atoms with E-state index in [4.69, 9.17) is 10.6 Å². The number of allylic oxidation sites excluding steroid dienone is 2. The van der Waals surface area contributed by atoms with Crippen molar-refractivity contribution >= 4 is 6.21 Å². The number of fused-ring (bicyclic) bond motifs is 5. The number of oxime groups is 1. The highest BCUT2D eigenvalue weighted by molar-refractivity contribution is 5.63. The molecule has 0 amide bonds. The van der Waals surface area contributed by atoms with Gasteiger partial charge in [-0.15, -0.1) is 0 Å². The zero-order chi connectivity index (χ0) is 18.4. The lowest BCUT2D eigenvalue weighted by atomic mass is 9.47. The molecule has 3 fully saturated rings. The van der Waals surface area contributed by atoms with Gasteiger partial charge in [-0.25, -0.2) is 0 Å². The molecule has 146 valence electrons. The van der Waals surface area contributed by atoms with Gasteiger partial charge in [-0.05, 0) is 80.0 Å². The van der Waals surface area contributed by atoms with Crippen LogP contribution in [0.5, 0.6) is 0 Å². The van der Waals surface area contributed by atoms with Gasteiger partial charge in [0.2, 0.25) is 0 Å². The van der Waals surface area contributed by atoms with Crippen molar-refractivity contribution in [1.29, 1.82) is 0 Å². The summed E-state index contributed by atoms with van der Waals surface area (Å²) in [5.41, 5.74) is 7.66. The summed E-state index contributed by atoms with van der Waals surface area (Å²) in [5.74, 6) is 2.76. The minimum atomic E-state index is -0.0707. The first-order valence-electron chi connectivity index (χ1n) is 10.7. The number of hydrogen-bond donors (Lipinski definition) is 2. The third kappa shape index (κ3) is 2.84. The quantitative estimate of drug-likeness (QED) is 0.346. The summed E-state index contributed by atoms with van der Waals surface area (Å²) in [6.07, 6.45) is 14.1. The lowest BCUT2D eigenvalue weighted by molar-refractivity contribution is -0.0741. The molecule has 3 N–H and O–H groups in total. The first-order chi connectivity index (χ1) is 12.5. The first-order valence-corrected chi connectivity index (χ1v) is 10.7. The van der Waals surface area contributed by atoms with Gasteiger partial charge in [0.15, 0.2) is 0 Å². The Labute approximate surface area is 158 Å². The fraction of sp³-hybridized carbons (Fsp3) is 0.864. The Bertz CT molecular complexity index is 589. The average Bonchev–Trinajstić information content (AvgIpc) is 2.94. The number of hydrogen-bond acceptors (Lipinski definition) is 4. The molecule has 0 spiro atoms. The van der Waals surface area contributed by atoms with Crippen LogP contribution in [-0.2, 0) is 4.84 Å². The van der Waals surface area contributed by atoms with E-state index in [-0.39, 0.29) is 11.5 Å². The number of nitrogens with two attached hydrogens (primary N) is 1. The summed E-state index contributed by atoms with van der Waals surface area (Å²) in [7, 11) is 0. The average molecular weight is 361 g/mol. The van der Waals surface area contributed by atoms with Gasteiger partial charge in [0.05, 0.1) is 12.3 Å². The Morgan fingerprint density at radius 2 is 2.04 bits per heavy atom. The lowest BCUT2D eigenvalue weighted by Gasteiger charge is -2.58. The van der Waals surface area contributed by atoms with E-state index >= 15 is 0 Å². The van der Waals surface area contributed by atoms with Crippen LogP contribution in [0.25, 0.3) is 0 Å². The number of nitrogens with zero attached hydrogens (tertiary/aromatic N) is 1. The first kappa shape index (κ1) is 18.5. The molecular weight excluding hydrogens is 324 g/mol. The van der Waals surface area contributed by atoms with Crippen molar-refractivity contribution in [3.8, 4) is 0 Å². The molecule has 0 aromatic rings. The number of aliphatic hydroxyl groups excluding tert-OH is 1. The molecule has 26 heavy (non-hydrogen) atoms. The normalized spacial score (nSPS) is 47.8. The van der Waals surface area contributed by atoms with Crippen LogP contribution in [0.4, 0.5) is 0 Å². The Morgan fingerprint density at radius 1 is 1.19 bits per heavy atom. The Balaban J connectivity index is 1.51. The van der Waals surface area contributed by atoms with Crippen molar-refractivity contribution in [2.45, 2.75) is 71.3 Å². The molecule has 0 radical (unpaired) electrons. The van der Waals surface area contributed by atoms with Gasteiger partial charge >= 0.3 is 0 Å². The molecule has 4 aliphatic carbocycles. The van der Waals surface area contributed by atoms with E-state index in [1.807, 2.05) is 6.21 Å². The summed E-state index contributed by atoms with van der Waals surface area (Å²) in [6.45, 7) is 5.90. The third-order valence-electron chi connectivity index (χ3n) is 8.63. The molecule has 7 atom stereocenters. The fourth-order valence-corrected chi connectivity index (χ4v) is 7.07. The largest absolute Gasteiger partial charge is 0.395 e. The zero-order valence-corrected chi connectivity index (χ0v) is 16.5. The van der Waals surface area contributed by atoms with E-state index < -0.39 is 0 Å². The predicted octanol–water partition coefficient (Wildman–Crippen LogP) is 3.89. The van der Waals surface area contributed by atoms with E-state index in [0.29, 0.717) is 24.5 Å². The fourth-order valence-electron chi connectivity index (χ4n) is 7.07. The second kappa shape index (κ2) is 6.94. The molecule has 4 aliphatic rings. The minimum Gasteiger partial charge on any atom is -0.395 e. The molecule has 0 bridgehead atoms. The topological polar surface area (TPSA) is 67.8 Å². The SMILES string of the molecule is C[C@]12CC[C@H](C=NOCCN)C=C1CCC1C2CC[C@@]2(C)C1CC[C@@H]2O. The van der Waals surface area contributed by atoms with Crippen molar-refractivity contribution in [2.24, 2.45) is 45.4 Å². The number of aliphatic hydroxyl groups is 1. The van der Waals surface area contributed by atoms with E-state index in [0.717, 1.165) is 24.2 Å². The summed E-state index contributed by atoms with van der Waals surface area (Å²) in [5, 5.41) is 14.7. The maximum Gasteiger partial charge on any atom is 0.129 e. The van der Waals surface area contributed by atoms with Crippen LogP contribution in [0.2, 0.25) is 0 Å². The highest BCUT2D eigenvalue weighted by atomic mass is 16.6. The van der Waals surface area contributed by atoms with Crippen LogP contribution in [0.15, 0.2) is 16.8 Å². The van der Waals surface area contributed by atoms with Gasteiger partial charge in [0, 0.05) is 12.5 Å². The molecular formula is C22H36N2O2. The van der Waals surface area contributed by atoms with Crippen molar-refractivity contribution < 1.29 is 9.94 Å². The van der Waals surface area contributed by atoms with Crippen molar-refractivity contribution in [3.63, 3.8) is 0 Å². The van der Waals surface area contributed by atoms with Gasteiger partial charge in [0.25, 0.3) is 0 Å². The molecule has 3 unspecified atom stereocenters. The van der Waals surface area contributed by atoms with Crippen LogP contribution >= 0.6 is 0 Å². The van der Waals surface area contributed by atoms with E-state index in [1.165, 1.54) is 44.9 Å². The summed E-state index contributed by atoms with van der Waals surface area (Å²) < 4.78 is 0. The molecule has 0 heterocycles. The van der Waals surface area contributed by atoms with Gasteiger partial charge in [0.1, 0.15) is 6.61 Å². The highest BCUT2D eigenvalue weighted by Gasteiger charge is 2.58. The van der Waals surface area contributed by atoms with E-state index in [1.54, 1.807) is 5.57 Å². The van der Waals surface area contributed by atoms with Crippen molar-refractivity contribution in [3.05, 3.63) is 11.6 Å². The molecule has 4 heteroatoms. The van der Waals surface area contributed by atoms with E-state index in [2.05, 4.69) is 25.1 Å². The summed E-state index contributed by atoms with van der Waals surface area (Å²) in [4.78, 5) is 5.19. The predicted molar refractivity (Wildman–Crippen MR) is 105 cm³/mol. The Kier molecular flexibility index (Phi) is 4.94. The lowest BCUT2D eigenvalue weighted by Crippen LogP contribution is -2.51. The maximum absolute atomic E-state index is 10.6. The second-order valence-corrected chi connectivity index (χ2v) is 9.74. The monoisotopic (exact) mass is 360 g/mol. The molecule has 0 aliphatic heterocycles. The van der Waals surface area contributed by atoms with Gasteiger partial charge in [-0.1, -0.05) is 30.7 Å². The van der Waals surface area contributed by atoms with Crippen LogP contribution in [0.3, 0.4) is 0 Å². The molecule has 4 rings (SSSR count). The second-order valence-electron chi connectivity index (χ2n) is 9.74. The highest BCUT2D eigenvalue weighted by Crippen LogP contribution is 2.65. The standard InChI is InChI=1S/C22H36N2O2/c1-21-9-7-15(14-24-26-12-11-23)13-16(21)3-4-17-18-5-6-20(25)22(18,2)10-8-19(17)21/h13-15,17-20,25H,3-12,23H2,1-2H3/t15-,17?,18?,19?,20-,21-,22-/m0/s1. The van der Waals surface area contributed by atoms with Crippen LogP contribution in [0.1, 0.15) is 65.2 Å².